The fourth-order valence-corrected chi connectivity index (χ4v) is 2.75. The number of carbonyl (C=O) groups is 1. The Labute approximate surface area is 124 Å². The Balaban J connectivity index is 1.81. The molecular weight excluding hydrogens is 258 g/mol. The summed E-state index contributed by atoms with van der Waals surface area (Å²) in [7, 11) is 0. The van der Waals surface area contributed by atoms with E-state index in [0.29, 0.717) is 6.42 Å². The van der Waals surface area contributed by atoms with Crippen LogP contribution in [0.1, 0.15) is 40.7 Å². The van der Waals surface area contributed by atoms with E-state index in [1.807, 2.05) is 49.5 Å². The number of hydrogen-bond acceptors (Lipinski definition) is 1. The van der Waals surface area contributed by atoms with E-state index >= 15 is 0 Å². The maximum absolute atomic E-state index is 12.4. The fraction of sp³-hybridized carbons (Fsp3) is 0.211. The number of para-hydroxylation sites is 1. The first-order chi connectivity index (χ1) is 10.1. The van der Waals surface area contributed by atoms with Crippen LogP contribution >= 0.6 is 0 Å². The van der Waals surface area contributed by atoms with Gasteiger partial charge in [0.2, 0.25) is 0 Å². The van der Waals surface area contributed by atoms with Crippen LogP contribution in [0.4, 0.5) is 0 Å². The minimum absolute atomic E-state index is 0.202. The molecule has 1 aromatic heterocycles. The van der Waals surface area contributed by atoms with Gasteiger partial charge in [-0.1, -0.05) is 55.0 Å². The lowest BCUT2D eigenvalue weighted by Gasteiger charge is -2.10. The molecule has 106 valence electrons. The third-order valence-corrected chi connectivity index (χ3v) is 4.02. The van der Waals surface area contributed by atoms with Crippen molar-refractivity contribution in [3.63, 3.8) is 0 Å². The van der Waals surface area contributed by atoms with E-state index in [4.69, 9.17) is 0 Å². The van der Waals surface area contributed by atoms with Gasteiger partial charge < -0.3 is 4.98 Å². The Hall–Kier alpha value is -2.35. The molecule has 2 aromatic carbocycles. The van der Waals surface area contributed by atoms with Gasteiger partial charge in [-0.25, -0.2) is 0 Å². The number of Topliss-reactive ketones (excluding diaryl/α,β-unsaturated/α-hetero) is 1. The molecule has 0 saturated heterocycles. The minimum Gasteiger partial charge on any atom is -0.361 e. The first kappa shape index (κ1) is 13.6. The fourth-order valence-electron chi connectivity index (χ4n) is 2.75. The lowest BCUT2D eigenvalue weighted by Crippen LogP contribution is -2.04. The third-order valence-electron chi connectivity index (χ3n) is 4.02. The van der Waals surface area contributed by atoms with Crippen LogP contribution in [-0.2, 0) is 0 Å². The molecule has 2 heteroatoms. The normalized spacial score (nSPS) is 12.5. The van der Waals surface area contributed by atoms with Gasteiger partial charge in [0.15, 0.2) is 5.78 Å². The Morgan fingerprint density at radius 3 is 2.57 bits per heavy atom. The highest BCUT2D eigenvalue weighted by atomic mass is 16.1. The first-order valence-corrected chi connectivity index (χ1v) is 7.31. The van der Waals surface area contributed by atoms with Crippen molar-refractivity contribution in [2.45, 2.75) is 26.2 Å². The van der Waals surface area contributed by atoms with Gasteiger partial charge >= 0.3 is 0 Å². The average Bonchev–Trinajstić information content (AvgIpc) is 2.92. The highest BCUT2D eigenvalue weighted by Crippen LogP contribution is 2.28. The second-order valence-corrected chi connectivity index (χ2v) is 5.68. The number of fused-ring (bicyclic) bond motifs is 1. The molecule has 0 radical (unpaired) electrons. The molecule has 3 aromatic rings. The summed E-state index contributed by atoms with van der Waals surface area (Å²) in [5.41, 5.74) is 4.32. The van der Waals surface area contributed by atoms with E-state index in [1.54, 1.807) is 0 Å². The van der Waals surface area contributed by atoms with Crippen LogP contribution in [0.15, 0.2) is 54.7 Å². The third kappa shape index (κ3) is 2.75. The van der Waals surface area contributed by atoms with Crippen molar-refractivity contribution in [1.82, 2.24) is 4.98 Å². The zero-order chi connectivity index (χ0) is 14.8. The van der Waals surface area contributed by atoms with E-state index < -0.39 is 0 Å². The summed E-state index contributed by atoms with van der Waals surface area (Å²) in [4.78, 5) is 15.7. The van der Waals surface area contributed by atoms with E-state index in [0.717, 1.165) is 11.1 Å². The van der Waals surface area contributed by atoms with E-state index in [-0.39, 0.29) is 11.7 Å². The second-order valence-electron chi connectivity index (χ2n) is 5.68. The van der Waals surface area contributed by atoms with Gasteiger partial charge in [0.05, 0.1) is 0 Å². The lowest BCUT2D eigenvalue weighted by molar-refractivity contribution is 0.0976. The summed E-state index contributed by atoms with van der Waals surface area (Å²) >= 11 is 0. The summed E-state index contributed by atoms with van der Waals surface area (Å²) in [5.74, 6) is 0.405. The van der Waals surface area contributed by atoms with Gasteiger partial charge in [-0.3, -0.25) is 4.79 Å². The Morgan fingerprint density at radius 1 is 1.10 bits per heavy atom. The summed E-state index contributed by atoms with van der Waals surface area (Å²) in [6, 6.07) is 16.0. The van der Waals surface area contributed by atoms with Crippen LogP contribution < -0.4 is 0 Å². The van der Waals surface area contributed by atoms with Gasteiger partial charge in [-0.15, -0.1) is 0 Å². The Morgan fingerprint density at radius 2 is 1.81 bits per heavy atom. The number of aromatic nitrogens is 1. The van der Waals surface area contributed by atoms with Gasteiger partial charge in [0.25, 0.3) is 0 Å². The molecule has 0 unspecified atom stereocenters. The average molecular weight is 277 g/mol. The first-order valence-electron chi connectivity index (χ1n) is 7.31. The summed E-state index contributed by atoms with van der Waals surface area (Å²) in [6.07, 6.45) is 2.56. The van der Waals surface area contributed by atoms with Crippen LogP contribution in [0.5, 0.6) is 0 Å². The molecular formula is C19H19NO. The zero-order valence-corrected chi connectivity index (χ0v) is 12.4. The van der Waals surface area contributed by atoms with Crippen molar-refractivity contribution in [2.75, 3.05) is 0 Å². The number of benzene rings is 2. The largest absolute Gasteiger partial charge is 0.361 e. The summed E-state index contributed by atoms with van der Waals surface area (Å²) in [6.45, 7) is 4.14. The molecule has 0 spiro atoms. The van der Waals surface area contributed by atoms with Crippen LogP contribution in [0.3, 0.4) is 0 Å². The van der Waals surface area contributed by atoms with Gasteiger partial charge in [0, 0.05) is 29.1 Å². The molecule has 1 N–H and O–H groups in total. The number of aromatic amines is 1. The number of H-pyrrole nitrogens is 1. The maximum Gasteiger partial charge on any atom is 0.163 e. The van der Waals surface area contributed by atoms with E-state index in [1.165, 1.54) is 16.5 Å². The van der Waals surface area contributed by atoms with Crippen molar-refractivity contribution in [3.05, 3.63) is 71.4 Å². The number of nitrogens with one attached hydrogen (secondary N) is 1. The highest BCUT2D eigenvalue weighted by molar-refractivity contribution is 5.97. The number of rotatable bonds is 4. The zero-order valence-electron chi connectivity index (χ0n) is 12.4. The predicted octanol–water partition coefficient (Wildman–Crippen LogP) is 4.85. The van der Waals surface area contributed by atoms with Gasteiger partial charge in [0.1, 0.15) is 0 Å². The lowest BCUT2D eigenvalue weighted by atomic mass is 9.93. The van der Waals surface area contributed by atoms with Crippen LogP contribution in [0.25, 0.3) is 10.9 Å². The number of ketones is 1. The molecule has 0 aliphatic carbocycles. The van der Waals surface area contributed by atoms with Crippen molar-refractivity contribution < 1.29 is 4.79 Å². The van der Waals surface area contributed by atoms with E-state index in [9.17, 15) is 4.79 Å². The topological polar surface area (TPSA) is 32.9 Å². The standard InChI is InChI=1S/C19H19NO/c1-13-7-9-15(10-8-13)19(21)11-14(2)17-12-20-18-6-4-3-5-16(17)18/h3-10,12,14,20H,11H2,1-2H3/t14-/m0/s1. The molecule has 1 atom stereocenters. The van der Waals surface area contributed by atoms with Crippen LogP contribution in [0.2, 0.25) is 0 Å². The second kappa shape index (κ2) is 5.57. The van der Waals surface area contributed by atoms with Gasteiger partial charge in [-0.2, -0.15) is 0 Å². The minimum atomic E-state index is 0.202. The number of hydrogen-bond donors (Lipinski definition) is 1. The van der Waals surface area contributed by atoms with Crippen molar-refractivity contribution in [3.8, 4) is 0 Å². The number of aryl methyl sites for hydroxylation is 1. The molecule has 0 fully saturated rings. The van der Waals surface area contributed by atoms with Crippen molar-refractivity contribution in [1.29, 1.82) is 0 Å². The molecule has 0 amide bonds. The Bertz CT molecular complexity index is 768. The highest BCUT2D eigenvalue weighted by Gasteiger charge is 2.16. The molecule has 21 heavy (non-hydrogen) atoms. The summed E-state index contributed by atoms with van der Waals surface area (Å²) in [5, 5.41) is 1.21. The molecule has 2 nitrogen and oxygen atoms in total. The molecule has 0 saturated carbocycles. The van der Waals surface area contributed by atoms with Crippen LogP contribution in [-0.4, -0.2) is 10.8 Å². The number of carbonyl (C=O) groups excluding carboxylic acids is 1. The predicted molar refractivity (Wildman–Crippen MR) is 86.8 cm³/mol. The van der Waals surface area contributed by atoms with E-state index in [2.05, 4.69) is 24.0 Å². The smallest absolute Gasteiger partial charge is 0.163 e. The summed E-state index contributed by atoms with van der Waals surface area (Å²) < 4.78 is 0. The maximum atomic E-state index is 12.4. The monoisotopic (exact) mass is 277 g/mol. The van der Waals surface area contributed by atoms with Crippen molar-refractivity contribution in [2.24, 2.45) is 0 Å². The van der Waals surface area contributed by atoms with Crippen molar-refractivity contribution >= 4 is 16.7 Å². The quantitative estimate of drug-likeness (QED) is 0.679. The SMILES string of the molecule is Cc1ccc(C(=O)C[C@H](C)c2c[nH]c3ccccc23)cc1. The molecule has 3 rings (SSSR count). The molecule has 0 aliphatic rings. The molecule has 0 bridgehead atoms. The molecule has 0 aliphatic heterocycles. The van der Waals surface area contributed by atoms with Crippen LogP contribution in [0, 0.1) is 6.92 Å². The molecule has 1 heterocycles. The Kier molecular flexibility index (Phi) is 3.61. The van der Waals surface area contributed by atoms with Gasteiger partial charge in [-0.05, 0) is 24.5 Å².